The van der Waals surface area contributed by atoms with Crippen LogP contribution in [0, 0.1) is 0 Å². The zero-order chi connectivity index (χ0) is 13.6. The first kappa shape index (κ1) is 13.4. The van der Waals surface area contributed by atoms with E-state index in [2.05, 4.69) is 11.9 Å². The van der Waals surface area contributed by atoms with Gasteiger partial charge in [-0.15, -0.1) is 0 Å². The molecule has 0 unspecified atom stereocenters. The summed E-state index contributed by atoms with van der Waals surface area (Å²) in [6.07, 6.45) is 0.845. The number of hydrogen-bond acceptors (Lipinski definition) is 4. The molecule has 1 aromatic heterocycles. The van der Waals surface area contributed by atoms with Crippen molar-refractivity contribution in [2.75, 3.05) is 5.73 Å². The SMILES string of the molecule is CCc1cc(B2OC(C)(C)C(C)(C)O2)cc(N)n1. The Kier molecular flexibility index (Phi) is 3.15. The third-order valence-electron chi connectivity index (χ3n) is 3.81. The van der Waals surface area contributed by atoms with Gasteiger partial charge in [-0.2, -0.15) is 0 Å². The number of aryl methyl sites for hydroxylation is 1. The number of rotatable bonds is 2. The smallest absolute Gasteiger partial charge is 0.399 e. The molecule has 0 bridgehead atoms. The fourth-order valence-corrected chi connectivity index (χ4v) is 1.93. The highest BCUT2D eigenvalue weighted by Gasteiger charge is 2.51. The Morgan fingerprint density at radius 1 is 1.17 bits per heavy atom. The normalized spacial score (nSPS) is 21.3. The van der Waals surface area contributed by atoms with Gasteiger partial charge in [0, 0.05) is 5.69 Å². The predicted molar refractivity (Wildman–Crippen MR) is 73.7 cm³/mol. The van der Waals surface area contributed by atoms with Crippen LogP contribution in [0.3, 0.4) is 0 Å². The third kappa shape index (κ3) is 2.25. The Labute approximate surface area is 109 Å². The Morgan fingerprint density at radius 3 is 2.22 bits per heavy atom. The standard InChI is InChI=1S/C13H21BN2O2/c1-6-10-7-9(8-11(15)16-10)14-17-12(2,3)13(4,5)18-14/h7-8H,6H2,1-5H3,(H2,15,16). The number of aromatic nitrogens is 1. The first-order valence-electron chi connectivity index (χ1n) is 6.37. The van der Waals surface area contributed by atoms with Gasteiger partial charge in [0.15, 0.2) is 0 Å². The monoisotopic (exact) mass is 248 g/mol. The molecular weight excluding hydrogens is 227 g/mol. The largest absolute Gasteiger partial charge is 0.495 e. The van der Waals surface area contributed by atoms with Gasteiger partial charge in [0.1, 0.15) is 5.82 Å². The molecule has 18 heavy (non-hydrogen) atoms. The lowest BCUT2D eigenvalue weighted by Crippen LogP contribution is -2.41. The topological polar surface area (TPSA) is 57.4 Å². The molecule has 1 aliphatic heterocycles. The highest BCUT2D eigenvalue weighted by atomic mass is 16.7. The summed E-state index contributed by atoms with van der Waals surface area (Å²) in [4.78, 5) is 4.26. The van der Waals surface area contributed by atoms with Crippen LogP contribution in [0.5, 0.6) is 0 Å². The second-order valence-corrected chi connectivity index (χ2v) is 5.76. The predicted octanol–water partition coefficient (Wildman–Crippen LogP) is 1.53. The summed E-state index contributed by atoms with van der Waals surface area (Å²) in [7, 11) is -0.370. The first-order valence-corrected chi connectivity index (χ1v) is 6.37. The van der Waals surface area contributed by atoms with Crippen LogP contribution in [0.4, 0.5) is 5.82 Å². The minimum atomic E-state index is -0.370. The van der Waals surface area contributed by atoms with Crippen molar-refractivity contribution in [2.24, 2.45) is 0 Å². The molecule has 0 saturated carbocycles. The summed E-state index contributed by atoms with van der Waals surface area (Å²) in [6.45, 7) is 10.2. The van der Waals surface area contributed by atoms with E-state index < -0.39 is 0 Å². The van der Waals surface area contributed by atoms with Crippen LogP contribution in [0.15, 0.2) is 12.1 Å². The summed E-state index contributed by atoms with van der Waals surface area (Å²) in [5.41, 5.74) is 7.05. The maximum absolute atomic E-state index is 6.00. The fourth-order valence-electron chi connectivity index (χ4n) is 1.93. The van der Waals surface area contributed by atoms with E-state index in [4.69, 9.17) is 15.0 Å². The van der Waals surface area contributed by atoms with Gasteiger partial charge in [-0.3, -0.25) is 0 Å². The Hall–Kier alpha value is -1.07. The number of hydrogen-bond donors (Lipinski definition) is 1. The lowest BCUT2D eigenvalue weighted by atomic mass is 9.79. The highest BCUT2D eigenvalue weighted by molar-refractivity contribution is 6.62. The van der Waals surface area contributed by atoms with Gasteiger partial charge in [-0.25, -0.2) is 4.98 Å². The molecule has 0 aliphatic carbocycles. The molecule has 2 N–H and O–H groups in total. The molecule has 0 radical (unpaired) electrons. The van der Waals surface area contributed by atoms with Crippen LogP contribution in [0.25, 0.3) is 0 Å². The van der Waals surface area contributed by atoms with Crippen LogP contribution < -0.4 is 11.2 Å². The van der Waals surface area contributed by atoms with Gasteiger partial charge < -0.3 is 15.0 Å². The number of nitrogen functional groups attached to an aromatic ring is 1. The zero-order valence-electron chi connectivity index (χ0n) is 11.8. The Bertz CT molecular complexity index is 444. The average molecular weight is 248 g/mol. The molecule has 1 fully saturated rings. The van der Waals surface area contributed by atoms with E-state index in [9.17, 15) is 0 Å². The van der Waals surface area contributed by atoms with E-state index in [1.807, 2.05) is 39.8 Å². The molecule has 0 spiro atoms. The maximum atomic E-state index is 6.00. The lowest BCUT2D eigenvalue weighted by Gasteiger charge is -2.32. The van der Waals surface area contributed by atoms with Crippen molar-refractivity contribution in [1.29, 1.82) is 0 Å². The molecule has 98 valence electrons. The number of nitrogens with zero attached hydrogens (tertiary/aromatic N) is 1. The van der Waals surface area contributed by atoms with Crippen molar-refractivity contribution >= 4 is 18.4 Å². The molecule has 1 saturated heterocycles. The van der Waals surface area contributed by atoms with E-state index in [-0.39, 0.29) is 18.3 Å². The lowest BCUT2D eigenvalue weighted by molar-refractivity contribution is 0.00578. The van der Waals surface area contributed by atoms with Gasteiger partial charge >= 0.3 is 7.12 Å². The summed E-state index contributed by atoms with van der Waals surface area (Å²) < 4.78 is 12.0. The molecule has 0 amide bonds. The molecular formula is C13H21BN2O2. The van der Waals surface area contributed by atoms with Crippen LogP contribution in [0.2, 0.25) is 0 Å². The summed E-state index contributed by atoms with van der Waals surface area (Å²) in [5.74, 6) is 0.513. The fraction of sp³-hybridized carbons (Fsp3) is 0.615. The van der Waals surface area contributed by atoms with E-state index >= 15 is 0 Å². The van der Waals surface area contributed by atoms with Gasteiger partial charge in [0.05, 0.1) is 11.2 Å². The molecule has 4 nitrogen and oxygen atoms in total. The van der Waals surface area contributed by atoms with Crippen molar-refractivity contribution < 1.29 is 9.31 Å². The number of pyridine rings is 1. The van der Waals surface area contributed by atoms with Gasteiger partial charge in [0.2, 0.25) is 0 Å². The first-order chi connectivity index (χ1) is 8.25. The van der Waals surface area contributed by atoms with Crippen LogP contribution >= 0.6 is 0 Å². The summed E-state index contributed by atoms with van der Waals surface area (Å²) in [6, 6.07) is 3.82. The summed E-state index contributed by atoms with van der Waals surface area (Å²) >= 11 is 0. The second kappa shape index (κ2) is 4.25. The second-order valence-electron chi connectivity index (χ2n) is 5.76. The van der Waals surface area contributed by atoms with Crippen molar-refractivity contribution in [2.45, 2.75) is 52.2 Å². The minimum absolute atomic E-state index is 0.331. The van der Waals surface area contributed by atoms with Crippen LogP contribution in [0.1, 0.15) is 40.3 Å². The Morgan fingerprint density at radius 2 is 1.72 bits per heavy atom. The highest BCUT2D eigenvalue weighted by Crippen LogP contribution is 2.36. The number of nitrogens with two attached hydrogens (primary N) is 1. The van der Waals surface area contributed by atoms with Gasteiger partial charge in [0.25, 0.3) is 0 Å². The van der Waals surface area contributed by atoms with Crippen LogP contribution in [-0.4, -0.2) is 23.3 Å². The van der Waals surface area contributed by atoms with Crippen molar-refractivity contribution in [3.63, 3.8) is 0 Å². The maximum Gasteiger partial charge on any atom is 0.495 e. The average Bonchev–Trinajstić information content (AvgIpc) is 2.47. The molecule has 5 heteroatoms. The zero-order valence-corrected chi connectivity index (χ0v) is 11.8. The Balaban J connectivity index is 2.32. The number of anilines is 1. The van der Waals surface area contributed by atoms with E-state index in [1.54, 1.807) is 0 Å². The quantitative estimate of drug-likeness (QED) is 0.806. The van der Waals surface area contributed by atoms with E-state index in [0.29, 0.717) is 5.82 Å². The van der Waals surface area contributed by atoms with E-state index in [1.165, 1.54) is 0 Å². The molecule has 1 aliphatic rings. The van der Waals surface area contributed by atoms with Gasteiger partial charge in [-0.1, -0.05) is 6.92 Å². The third-order valence-corrected chi connectivity index (χ3v) is 3.81. The molecule has 0 atom stereocenters. The molecule has 2 rings (SSSR count). The van der Waals surface area contributed by atoms with Crippen molar-refractivity contribution in [3.8, 4) is 0 Å². The van der Waals surface area contributed by atoms with Crippen molar-refractivity contribution in [1.82, 2.24) is 4.98 Å². The molecule has 0 aromatic carbocycles. The summed E-state index contributed by atoms with van der Waals surface area (Å²) in [5, 5.41) is 0. The van der Waals surface area contributed by atoms with E-state index in [0.717, 1.165) is 17.6 Å². The van der Waals surface area contributed by atoms with Crippen molar-refractivity contribution in [3.05, 3.63) is 17.8 Å². The van der Waals surface area contributed by atoms with Crippen LogP contribution in [-0.2, 0) is 15.7 Å². The van der Waals surface area contributed by atoms with Gasteiger partial charge in [-0.05, 0) is 51.7 Å². The molecule has 1 aromatic rings. The molecule has 2 heterocycles. The minimum Gasteiger partial charge on any atom is -0.399 e.